The summed E-state index contributed by atoms with van der Waals surface area (Å²) in [5.74, 6) is 0.379. The largest absolute Gasteiger partial charge is 0.468 e. The minimum Gasteiger partial charge on any atom is -0.468 e. The van der Waals surface area contributed by atoms with Crippen LogP contribution in [0.25, 0.3) is 0 Å². The van der Waals surface area contributed by atoms with Crippen molar-refractivity contribution in [2.75, 3.05) is 7.11 Å². The van der Waals surface area contributed by atoms with E-state index in [1.165, 1.54) is 19.1 Å². The van der Waals surface area contributed by atoms with Crippen molar-refractivity contribution < 1.29 is 9.53 Å². The summed E-state index contributed by atoms with van der Waals surface area (Å²) in [4.78, 5) is 14.6. The standard InChI is InChI=1S/C16H21NO2/c1-16(15(18)19-2)13-8-9-14(10-13)17(16)11-12-6-4-3-5-7-12/h3-7,13-14H,8-11H2,1-2H3/t13-,14+,16+/m1/s1. The Morgan fingerprint density at radius 1 is 1.37 bits per heavy atom. The van der Waals surface area contributed by atoms with E-state index in [1.54, 1.807) is 0 Å². The van der Waals surface area contributed by atoms with Crippen molar-refractivity contribution in [3.8, 4) is 0 Å². The van der Waals surface area contributed by atoms with E-state index in [4.69, 9.17) is 4.74 Å². The highest BCUT2D eigenvalue weighted by Gasteiger charge is 2.58. The summed E-state index contributed by atoms with van der Waals surface area (Å²) in [5.41, 5.74) is 0.832. The number of piperidine rings is 1. The minimum atomic E-state index is -0.437. The van der Waals surface area contributed by atoms with Crippen LogP contribution in [-0.2, 0) is 16.1 Å². The van der Waals surface area contributed by atoms with Crippen LogP contribution in [0.3, 0.4) is 0 Å². The number of esters is 1. The van der Waals surface area contributed by atoms with E-state index in [0.29, 0.717) is 12.0 Å². The van der Waals surface area contributed by atoms with Crippen LogP contribution in [0.1, 0.15) is 31.7 Å². The molecule has 1 aliphatic heterocycles. The van der Waals surface area contributed by atoms with Crippen molar-refractivity contribution in [2.24, 2.45) is 5.92 Å². The molecule has 2 fully saturated rings. The van der Waals surface area contributed by atoms with Crippen molar-refractivity contribution in [1.29, 1.82) is 0 Å². The van der Waals surface area contributed by atoms with Gasteiger partial charge in [-0.15, -0.1) is 0 Å². The van der Waals surface area contributed by atoms with Crippen molar-refractivity contribution in [1.82, 2.24) is 4.90 Å². The molecule has 3 rings (SSSR count). The first-order valence-electron chi connectivity index (χ1n) is 7.05. The van der Waals surface area contributed by atoms with Gasteiger partial charge in [-0.1, -0.05) is 30.3 Å². The number of nitrogens with zero attached hydrogens (tertiary/aromatic N) is 1. The molecule has 2 bridgehead atoms. The predicted octanol–water partition coefficient (Wildman–Crippen LogP) is 2.60. The van der Waals surface area contributed by atoms with E-state index < -0.39 is 5.54 Å². The topological polar surface area (TPSA) is 29.5 Å². The average Bonchev–Trinajstić information content (AvgIpc) is 3.02. The van der Waals surface area contributed by atoms with Crippen LogP contribution < -0.4 is 0 Å². The first-order valence-corrected chi connectivity index (χ1v) is 7.05. The number of carbonyl (C=O) groups excluding carboxylic acids is 1. The third-order valence-electron chi connectivity index (χ3n) is 5.03. The number of fused-ring (bicyclic) bond motifs is 2. The van der Waals surface area contributed by atoms with Gasteiger partial charge >= 0.3 is 5.97 Å². The second kappa shape index (κ2) is 4.64. The molecule has 19 heavy (non-hydrogen) atoms. The van der Waals surface area contributed by atoms with Gasteiger partial charge in [0.25, 0.3) is 0 Å². The second-order valence-electron chi connectivity index (χ2n) is 5.92. The maximum absolute atomic E-state index is 12.3. The van der Waals surface area contributed by atoms with Crippen molar-refractivity contribution in [3.63, 3.8) is 0 Å². The minimum absolute atomic E-state index is 0.0735. The maximum Gasteiger partial charge on any atom is 0.326 e. The third-order valence-corrected chi connectivity index (χ3v) is 5.03. The number of likely N-dealkylation sites (tertiary alicyclic amines) is 1. The highest BCUT2D eigenvalue weighted by molar-refractivity contribution is 5.81. The van der Waals surface area contributed by atoms with Gasteiger partial charge in [0.15, 0.2) is 0 Å². The second-order valence-corrected chi connectivity index (χ2v) is 5.92. The number of hydrogen-bond acceptors (Lipinski definition) is 3. The molecule has 1 aliphatic carbocycles. The Morgan fingerprint density at radius 2 is 2.11 bits per heavy atom. The third kappa shape index (κ3) is 1.88. The molecule has 3 atom stereocenters. The molecule has 0 N–H and O–H groups in total. The molecule has 0 unspecified atom stereocenters. The van der Waals surface area contributed by atoms with E-state index >= 15 is 0 Å². The molecule has 1 heterocycles. The molecule has 0 spiro atoms. The van der Waals surface area contributed by atoms with Gasteiger partial charge in [0, 0.05) is 12.6 Å². The number of carbonyl (C=O) groups is 1. The first-order chi connectivity index (χ1) is 9.16. The van der Waals surface area contributed by atoms with Crippen LogP contribution in [0.5, 0.6) is 0 Å². The molecule has 0 radical (unpaired) electrons. The molecule has 1 saturated carbocycles. The Morgan fingerprint density at radius 3 is 2.79 bits per heavy atom. The van der Waals surface area contributed by atoms with E-state index in [-0.39, 0.29) is 5.97 Å². The summed E-state index contributed by atoms with van der Waals surface area (Å²) in [7, 11) is 1.50. The number of rotatable bonds is 3. The lowest BCUT2D eigenvalue weighted by Crippen LogP contribution is -2.56. The zero-order chi connectivity index (χ0) is 13.5. The van der Waals surface area contributed by atoms with Gasteiger partial charge in [0.2, 0.25) is 0 Å². The van der Waals surface area contributed by atoms with Crippen molar-refractivity contribution in [2.45, 2.75) is 44.3 Å². The summed E-state index contributed by atoms with van der Waals surface area (Å²) < 4.78 is 5.08. The van der Waals surface area contributed by atoms with E-state index in [9.17, 15) is 4.79 Å². The van der Waals surface area contributed by atoms with E-state index in [0.717, 1.165) is 19.4 Å². The molecule has 1 aromatic rings. The average molecular weight is 259 g/mol. The van der Waals surface area contributed by atoms with E-state index in [1.807, 2.05) is 6.07 Å². The lowest BCUT2D eigenvalue weighted by molar-refractivity contribution is -0.158. The zero-order valence-corrected chi connectivity index (χ0v) is 11.6. The number of benzene rings is 1. The maximum atomic E-state index is 12.3. The van der Waals surface area contributed by atoms with Crippen LogP contribution in [0.15, 0.2) is 30.3 Å². The van der Waals surface area contributed by atoms with Gasteiger partial charge in [-0.25, -0.2) is 0 Å². The van der Waals surface area contributed by atoms with Gasteiger partial charge in [-0.05, 0) is 37.7 Å². The molecule has 3 heteroatoms. The molecule has 1 aromatic carbocycles. The lowest BCUT2D eigenvalue weighted by Gasteiger charge is -2.42. The zero-order valence-electron chi connectivity index (χ0n) is 11.6. The number of hydrogen-bond donors (Lipinski definition) is 0. The molecule has 2 aliphatic rings. The van der Waals surface area contributed by atoms with Crippen molar-refractivity contribution in [3.05, 3.63) is 35.9 Å². The molecule has 1 saturated heterocycles. The Balaban J connectivity index is 1.88. The van der Waals surface area contributed by atoms with Crippen molar-refractivity contribution >= 4 is 5.97 Å². The Hall–Kier alpha value is -1.35. The molecular weight excluding hydrogens is 238 g/mol. The van der Waals surface area contributed by atoms with E-state index in [2.05, 4.69) is 36.1 Å². The Labute approximate surface area is 114 Å². The summed E-state index contributed by atoms with van der Waals surface area (Å²) in [6, 6.07) is 10.9. The van der Waals surface area contributed by atoms with Crippen LogP contribution in [0.4, 0.5) is 0 Å². The van der Waals surface area contributed by atoms with Gasteiger partial charge in [-0.3, -0.25) is 9.69 Å². The SMILES string of the molecule is COC(=O)[C@]1(C)[C@@H]2CC[C@@H](C2)N1Cc1ccccc1. The number of methoxy groups -OCH3 is 1. The van der Waals surface area contributed by atoms with Crippen LogP contribution in [-0.4, -0.2) is 29.6 Å². The molecule has 0 amide bonds. The fraction of sp³-hybridized carbons (Fsp3) is 0.562. The van der Waals surface area contributed by atoms with Gasteiger partial charge in [0.05, 0.1) is 7.11 Å². The Bertz CT molecular complexity index is 473. The quantitative estimate of drug-likeness (QED) is 0.781. The normalized spacial score (nSPS) is 33.6. The molecule has 3 nitrogen and oxygen atoms in total. The smallest absolute Gasteiger partial charge is 0.326 e. The first kappa shape index (κ1) is 12.7. The highest BCUT2D eigenvalue weighted by atomic mass is 16.5. The summed E-state index contributed by atoms with van der Waals surface area (Å²) >= 11 is 0. The summed E-state index contributed by atoms with van der Waals surface area (Å²) in [5, 5.41) is 0. The highest BCUT2D eigenvalue weighted by Crippen LogP contribution is 2.50. The van der Waals surface area contributed by atoms with Crippen LogP contribution >= 0.6 is 0 Å². The molecule has 102 valence electrons. The number of ether oxygens (including phenoxy) is 1. The molecular formula is C16H21NO2. The van der Waals surface area contributed by atoms with Gasteiger partial charge in [-0.2, -0.15) is 0 Å². The monoisotopic (exact) mass is 259 g/mol. The van der Waals surface area contributed by atoms with Gasteiger partial charge in [0.1, 0.15) is 5.54 Å². The van der Waals surface area contributed by atoms with Crippen LogP contribution in [0, 0.1) is 5.92 Å². The summed E-state index contributed by atoms with van der Waals surface area (Å²) in [6.45, 7) is 2.90. The van der Waals surface area contributed by atoms with Crippen LogP contribution in [0.2, 0.25) is 0 Å². The lowest BCUT2D eigenvalue weighted by atomic mass is 9.84. The fourth-order valence-corrected chi connectivity index (χ4v) is 3.93. The summed E-state index contributed by atoms with van der Waals surface area (Å²) in [6.07, 6.45) is 3.50. The Kier molecular flexibility index (Phi) is 3.09. The fourth-order valence-electron chi connectivity index (χ4n) is 3.93. The predicted molar refractivity (Wildman–Crippen MR) is 73.5 cm³/mol. The molecule has 0 aromatic heterocycles. The van der Waals surface area contributed by atoms with Gasteiger partial charge < -0.3 is 4.74 Å².